The van der Waals surface area contributed by atoms with Gasteiger partial charge in [0.2, 0.25) is 0 Å². The molecule has 1 aliphatic carbocycles. The Kier molecular flexibility index (Phi) is 3.66. The molecule has 2 N–H and O–H groups in total. The highest BCUT2D eigenvalue weighted by Gasteiger charge is 2.28. The quantitative estimate of drug-likeness (QED) is 0.599. The fourth-order valence-corrected chi connectivity index (χ4v) is 3.69. The number of hydrogen-bond acceptors (Lipinski definition) is 3. The maximum Gasteiger partial charge on any atom is 0.260 e. The Morgan fingerprint density at radius 3 is 2.46 bits per heavy atom. The number of fused-ring (bicyclic) bond motifs is 3. The van der Waals surface area contributed by atoms with E-state index in [4.69, 9.17) is 5.73 Å². The minimum atomic E-state index is -0.148. The number of benzene rings is 2. The summed E-state index contributed by atoms with van der Waals surface area (Å²) in [6, 6.07) is 17.8. The number of nitriles is 1. The second kappa shape index (κ2) is 5.89. The summed E-state index contributed by atoms with van der Waals surface area (Å²) in [6.45, 7) is 4.24. The number of nitrogens with two attached hydrogens (primary N) is 1. The van der Waals surface area contributed by atoms with Gasteiger partial charge in [-0.3, -0.25) is 9.36 Å². The van der Waals surface area contributed by atoms with Gasteiger partial charge in [0.05, 0.1) is 5.69 Å². The van der Waals surface area contributed by atoms with Gasteiger partial charge in [0.1, 0.15) is 17.5 Å². The molecule has 1 aliphatic rings. The third kappa shape index (κ3) is 2.25. The van der Waals surface area contributed by atoms with Crippen LogP contribution >= 0.6 is 0 Å². The van der Waals surface area contributed by atoms with E-state index in [-0.39, 0.29) is 11.4 Å². The molecule has 0 amide bonds. The van der Waals surface area contributed by atoms with E-state index < -0.39 is 0 Å². The maximum atomic E-state index is 13.2. The number of rotatable bonds is 2. The van der Waals surface area contributed by atoms with Gasteiger partial charge in [-0.25, -0.2) is 0 Å². The number of anilines is 1. The van der Waals surface area contributed by atoms with Crippen molar-refractivity contribution < 1.29 is 0 Å². The molecule has 0 saturated carbocycles. The zero-order valence-electron chi connectivity index (χ0n) is 14.8. The first-order valence-corrected chi connectivity index (χ1v) is 8.69. The first-order valence-electron chi connectivity index (χ1n) is 8.69. The van der Waals surface area contributed by atoms with Crippen LogP contribution in [-0.4, -0.2) is 4.57 Å². The molecule has 0 saturated heterocycles. The smallest absolute Gasteiger partial charge is 0.260 e. The van der Waals surface area contributed by atoms with E-state index in [0.29, 0.717) is 34.7 Å². The molecular weight excluding hydrogens is 322 g/mol. The summed E-state index contributed by atoms with van der Waals surface area (Å²) in [4.78, 5) is 13.2. The van der Waals surface area contributed by atoms with Gasteiger partial charge < -0.3 is 5.73 Å². The van der Waals surface area contributed by atoms with E-state index in [9.17, 15) is 10.1 Å². The highest BCUT2D eigenvalue weighted by atomic mass is 16.1. The fraction of sp³-hybridized carbons (Fsp3) is 0.182. The fourth-order valence-electron chi connectivity index (χ4n) is 3.69. The molecular formula is C22H19N3O. The van der Waals surface area contributed by atoms with Crippen LogP contribution in [0.1, 0.15) is 42.0 Å². The monoisotopic (exact) mass is 341 g/mol. The summed E-state index contributed by atoms with van der Waals surface area (Å²) in [6.07, 6.45) is 0.531. The highest BCUT2D eigenvalue weighted by molar-refractivity contribution is 5.84. The van der Waals surface area contributed by atoms with Crippen LogP contribution in [0.4, 0.5) is 5.82 Å². The predicted molar refractivity (Wildman–Crippen MR) is 103 cm³/mol. The van der Waals surface area contributed by atoms with E-state index in [2.05, 4.69) is 19.9 Å². The molecule has 0 aliphatic heterocycles. The number of pyridine rings is 1. The average molecular weight is 341 g/mol. The van der Waals surface area contributed by atoms with Gasteiger partial charge in [0, 0.05) is 17.5 Å². The minimum Gasteiger partial charge on any atom is -0.384 e. The number of hydrogen-bond donors (Lipinski definition) is 1. The van der Waals surface area contributed by atoms with Crippen LogP contribution < -0.4 is 11.3 Å². The van der Waals surface area contributed by atoms with Crippen LogP contribution in [-0.2, 0) is 6.42 Å². The van der Waals surface area contributed by atoms with Crippen molar-refractivity contribution in [3.63, 3.8) is 0 Å². The minimum absolute atomic E-state index is 0.148. The lowest BCUT2D eigenvalue weighted by atomic mass is 10.0. The Balaban J connectivity index is 1.99. The summed E-state index contributed by atoms with van der Waals surface area (Å²) in [5.41, 5.74) is 11.7. The van der Waals surface area contributed by atoms with Crippen LogP contribution in [0.5, 0.6) is 0 Å². The Hall–Kier alpha value is -3.32. The first kappa shape index (κ1) is 16.2. The van der Waals surface area contributed by atoms with Crippen LogP contribution in [0, 0.1) is 11.3 Å². The van der Waals surface area contributed by atoms with Gasteiger partial charge in [0.15, 0.2) is 0 Å². The second-order valence-corrected chi connectivity index (χ2v) is 6.95. The molecule has 26 heavy (non-hydrogen) atoms. The lowest BCUT2D eigenvalue weighted by molar-refractivity contribution is 0.864. The molecule has 0 unspecified atom stereocenters. The van der Waals surface area contributed by atoms with Crippen molar-refractivity contribution in [1.29, 1.82) is 5.26 Å². The van der Waals surface area contributed by atoms with Gasteiger partial charge >= 0.3 is 0 Å². The predicted octanol–water partition coefficient (Wildman–Crippen LogP) is 3.99. The number of nitrogens with zero attached hydrogens (tertiary/aromatic N) is 2. The molecule has 4 nitrogen and oxygen atoms in total. The van der Waals surface area contributed by atoms with E-state index in [1.54, 1.807) is 0 Å². The van der Waals surface area contributed by atoms with Crippen LogP contribution in [0.25, 0.3) is 16.8 Å². The van der Waals surface area contributed by atoms with E-state index in [0.717, 1.165) is 11.1 Å². The molecule has 2 aromatic carbocycles. The Morgan fingerprint density at radius 2 is 1.81 bits per heavy atom. The zero-order valence-corrected chi connectivity index (χ0v) is 14.8. The summed E-state index contributed by atoms with van der Waals surface area (Å²) in [5.74, 6) is 0.604. The maximum absolute atomic E-state index is 13.2. The van der Waals surface area contributed by atoms with Crippen LogP contribution in [0.2, 0.25) is 0 Å². The molecule has 4 heteroatoms. The molecule has 0 fully saturated rings. The van der Waals surface area contributed by atoms with Crippen molar-refractivity contribution in [2.24, 2.45) is 0 Å². The largest absolute Gasteiger partial charge is 0.384 e. The number of nitrogen functional groups attached to an aromatic ring is 1. The van der Waals surface area contributed by atoms with Crippen LogP contribution in [0.15, 0.2) is 53.3 Å². The van der Waals surface area contributed by atoms with Crippen molar-refractivity contribution in [3.8, 4) is 22.9 Å². The Labute approximate surface area is 152 Å². The summed E-state index contributed by atoms with van der Waals surface area (Å²) < 4.78 is 1.47. The average Bonchev–Trinajstić information content (AvgIpc) is 3.03. The van der Waals surface area contributed by atoms with E-state index >= 15 is 0 Å². The van der Waals surface area contributed by atoms with Gasteiger partial charge in [-0.2, -0.15) is 5.26 Å². The van der Waals surface area contributed by atoms with Gasteiger partial charge in [-0.15, -0.1) is 0 Å². The van der Waals surface area contributed by atoms with E-state index in [1.807, 2.05) is 48.5 Å². The van der Waals surface area contributed by atoms with Crippen molar-refractivity contribution in [2.75, 3.05) is 5.73 Å². The normalized spacial score (nSPS) is 11.9. The Bertz CT molecular complexity index is 1120. The lowest BCUT2D eigenvalue weighted by Crippen LogP contribution is -2.26. The van der Waals surface area contributed by atoms with Gasteiger partial charge in [-0.05, 0) is 34.7 Å². The summed E-state index contributed by atoms with van der Waals surface area (Å²) >= 11 is 0. The molecule has 0 bridgehead atoms. The van der Waals surface area contributed by atoms with Crippen molar-refractivity contribution in [1.82, 2.24) is 4.57 Å². The summed E-state index contributed by atoms with van der Waals surface area (Å²) in [5, 5.41) is 9.74. The van der Waals surface area contributed by atoms with Crippen molar-refractivity contribution in [3.05, 3.63) is 81.1 Å². The van der Waals surface area contributed by atoms with Gasteiger partial charge in [-0.1, -0.05) is 50.2 Å². The van der Waals surface area contributed by atoms with Gasteiger partial charge in [0.25, 0.3) is 5.56 Å². The lowest BCUT2D eigenvalue weighted by Gasteiger charge is -2.15. The number of aromatic nitrogens is 1. The zero-order chi connectivity index (χ0) is 18.4. The third-order valence-corrected chi connectivity index (χ3v) is 5.09. The standard InChI is InChI=1S/C22H19N3O/c1-13(2)14-7-9-16(10-8-14)25-21(24)19(12-23)20-17-6-4-3-5-15(17)11-18(20)22(25)26/h3-10,13H,11,24H2,1-2H3. The molecule has 0 radical (unpaired) electrons. The molecule has 1 heterocycles. The van der Waals surface area contributed by atoms with Crippen LogP contribution in [0.3, 0.4) is 0 Å². The topological polar surface area (TPSA) is 71.8 Å². The molecule has 0 spiro atoms. The molecule has 3 aromatic rings. The molecule has 1 aromatic heterocycles. The van der Waals surface area contributed by atoms with E-state index in [1.165, 1.54) is 10.1 Å². The highest BCUT2D eigenvalue weighted by Crippen LogP contribution is 2.39. The Morgan fingerprint density at radius 1 is 1.12 bits per heavy atom. The van der Waals surface area contributed by atoms with Crippen molar-refractivity contribution >= 4 is 5.82 Å². The molecule has 4 rings (SSSR count). The second-order valence-electron chi connectivity index (χ2n) is 6.95. The first-order chi connectivity index (χ1) is 12.5. The van der Waals surface area contributed by atoms with Crippen molar-refractivity contribution in [2.45, 2.75) is 26.2 Å². The molecule has 0 atom stereocenters. The SMILES string of the molecule is CC(C)c1ccc(-n2c(N)c(C#N)c3c(c2=O)Cc2ccccc2-3)cc1. The summed E-state index contributed by atoms with van der Waals surface area (Å²) in [7, 11) is 0. The molecule has 128 valence electrons. The third-order valence-electron chi connectivity index (χ3n) is 5.09.